The predicted molar refractivity (Wildman–Crippen MR) is 84.6 cm³/mol. The lowest BCUT2D eigenvalue weighted by Gasteiger charge is -2.02. The first-order valence-corrected chi connectivity index (χ1v) is 8.22. The van der Waals surface area contributed by atoms with E-state index in [1.807, 2.05) is 6.26 Å². The summed E-state index contributed by atoms with van der Waals surface area (Å²) in [5, 5.41) is 6.70. The number of benzene rings is 1. The molecule has 0 saturated heterocycles. The molecule has 3 rings (SSSR count). The molecule has 0 aliphatic heterocycles. The largest absolute Gasteiger partial charge is 0.345 e. The van der Waals surface area contributed by atoms with Gasteiger partial charge in [0.15, 0.2) is 11.0 Å². The summed E-state index contributed by atoms with van der Waals surface area (Å²) in [5.41, 5.74) is -0.143. The molecule has 10 heteroatoms. The average molecular weight is 363 g/mol. The molecule has 2 aromatic heterocycles. The van der Waals surface area contributed by atoms with Crippen LogP contribution >= 0.6 is 11.8 Å². The number of nitrogens with one attached hydrogen (secondary N) is 1. The van der Waals surface area contributed by atoms with E-state index in [0.29, 0.717) is 5.16 Å². The fraction of sp³-hybridized carbons (Fsp3) is 0.133. The molecule has 0 atom stereocenters. The van der Waals surface area contributed by atoms with Crippen LogP contribution in [0.1, 0.15) is 16.2 Å². The van der Waals surface area contributed by atoms with Crippen LogP contribution in [-0.2, 0) is 6.54 Å². The van der Waals surface area contributed by atoms with Crippen LogP contribution in [0.3, 0.4) is 0 Å². The van der Waals surface area contributed by atoms with Gasteiger partial charge in [0.1, 0.15) is 17.2 Å². The van der Waals surface area contributed by atoms with E-state index < -0.39 is 23.1 Å². The van der Waals surface area contributed by atoms with Crippen molar-refractivity contribution in [1.29, 1.82) is 0 Å². The maximum absolute atomic E-state index is 13.7. The quantitative estimate of drug-likeness (QED) is 0.550. The van der Waals surface area contributed by atoms with Crippen molar-refractivity contribution in [3.8, 4) is 11.5 Å². The molecular formula is C15H11F2N5O2S. The number of amides is 1. The molecule has 0 aliphatic rings. The summed E-state index contributed by atoms with van der Waals surface area (Å²) in [4.78, 5) is 23.9. The van der Waals surface area contributed by atoms with Crippen LogP contribution in [0.5, 0.6) is 0 Å². The van der Waals surface area contributed by atoms with Gasteiger partial charge in [-0.1, -0.05) is 23.0 Å². The number of carbonyl (C=O) groups is 1. The van der Waals surface area contributed by atoms with E-state index in [0.717, 1.165) is 12.1 Å². The van der Waals surface area contributed by atoms with E-state index in [1.54, 1.807) is 0 Å². The van der Waals surface area contributed by atoms with Crippen LogP contribution in [-0.4, -0.2) is 32.3 Å². The second kappa shape index (κ2) is 7.34. The third-order valence-corrected chi connectivity index (χ3v) is 3.70. The summed E-state index contributed by atoms with van der Waals surface area (Å²) in [6, 6.07) is 3.40. The molecule has 1 N–H and O–H groups in total. The van der Waals surface area contributed by atoms with Crippen LogP contribution in [0.4, 0.5) is 8.78 Å². The van der Waals surface area contributed by atoms with Gasteiger partial charge >= 0.3 is 0 Å². The van der Waals surface area contributed by atoms with Gasteiger partial charge in [0.05, 0.1) is 12.1 Å². The standard InChI is InChI=1S/C15H11F2N5O2S/c1-25-15-19-5-8(6-20-15)13(23)18-7-11-21-14(24-22-11)12-9(16)3-2-4-10(12)17/h2-6H,7H2,1H3,(H,18,23). The lowest BCUT2D eigenvalue weighted by Crippen LogP contribution is -2.23. The highest BCUT2D eigenvalue weighted by Gasteiger charge is 2.18. The third kappa shape index (κ3) is 3.79. The van der Waals surface area contributed by atoms with Crippen LogP contribution in [0.15, 0.2) is 40.3 Å². The van der Waals surface area contributed by atoms with Gasteiger partial charge in [-0.2, -0.15) is 4.98 Å². The summed E-state index contributed by atoms with van der Waals surface area (Å²) in [5.74, 6) is -2.29. The second-order valence-electron chi connectivity index (χ2n) is 4.75. The first-order chi connectivity index (χ1) is 12.1. The smallest absolute Gasteiger partial charge is 0.263 e. The lowest BCUT2D eigenvalue weighted by molar-refractivity contribution is 0.0948. The Kier molecular flexibility index (Phi) is 4.98. The van der Waals surface area contributed by atoms with E-state index in [4.69, 9.17) is 4.52 Å². The molecule has 1 aromatic carbocycles. The van der Waals surface area contributed by atoms with Gasteiger partial charge in [-0.3, -0.25) is 4.79 Å². The Morgan fingerprint density at radius 3 is 2.56 bits per heavy atom. The number of rotatable bonds is 5. The highest BCUT2D eigenvalue weighted by molar-refractivity contribution is 7.98. The van der Waals surface area contributed by atoms with Crippen molar-refractivity contribution >= 4 is 17.7 Å². The van der Waals surface area contributed by atoms with Crippen molar-refractivity contribution in [2.45, 2.75) is 11.7 Å². The minimum atomic E-state index is -0.815. The van der Waals surface area contributed by atoms with E-state index >= 15 is 0 Å². The number of carbonyl (C=O) groups excluding carboxylic acids is 1. The molecule has 0 bridgehead atoms. The zero-order valence-corrected chi connectivity index (χ0v) is 13.7. The topological polar surface area (TPSA) is 93.8 Å². The molecule has 0 aliphatic carbocycles. The normalized spacial score (nSPS) is 10.7. The summed E-state index contributed by atoms with van der Waals surface area (Å²) in [6.45, 7) is -0.0807. The first-order valence-electron chi connectivity index (χ1n) is 6.99. The van der Waals surface area contributed by atoms with Gasteiger partial charge < -0.3 is 9.84 Å². The maximum Gasteiger partial charge on any atom is 0.263 e. The average Bonchev–Trinajstić information content (AvgIpc) is 3.08. The van der Waals surface area contributed by atoms with Crippen molar-refractivity contribution < 1.29 is 18.1 Å². The number of aromatic nitrogens is 4. The Balaban J connectivity index is 1.68. The Morgan fingerprint density at radius 1 is 1.24 bits per heavy atom. The van der Waals surface area contributed by atoms with Crippen molar-refractivity contribution in [2.24, 2.45) is 0 Å². The molecular weight excluding hydrogens is 352 g/mol. The van der Waals surface area contributed by atoms with Crippen LogP contribution in [0.25, 0.3) is 11.5 Å². The number of halogens is 2. The summed E-state index contributed by atoms with van der Waals surface area (Å²) in [6.07, 6.45) is 4.61. The molecule has 0 radical (unpaired) electrons. The maximum atomic E-state index is 13.7. The monoisotopic (exact) mass is 363 g/mol. The molecule has 128 valence electrons. The summed E-state index contributed by atoms with van der Waals surface area (Å²) in [7, 11) is 0. The van der Waals surface area contributed by atoms with Crippen molar-refractivity contribution in [1.82, 2.24) is 25.4 Å². The zero-order valence-electron chi connectivity index (χ0n) is 12.9. The lowest BCUT2D eigenvalue weighted by atomic mass is 10.2. The molecule has 2 heterocycles. The van der Waals surface area contributed by atoms with Crippen LogP contribution in [0.2, 0.25) is 0 Å². The van der Waals surface area contributed by atoms with Crippen molar-refractivity contribution in [3.05, 3.63) is 53.6 Å². The zero-order chi connectivity index (χ0) is 17.8. The summed E-state index contributed by atoms with van der Waals surface area (Å²) < 4.78 is 32.2. The minimum absolute atomic E-state index is 0.0765. The van der Waals surface area contributed by atoms with Gasteiger partial charge in [0, 0.05) is 12.4 Å². The molecule has 0 unspecified atom stereocenters. The number of hydrogen-bond acceptors (Lipinski definition) is 7. The van der Waals surface area contributed by atoms with Gasteiger partial charge in [-0.05, 0) is 18.4 Å². The molecule has 1 amide bonds. The Bertz CT molecular complexity index is 881. The summed E-state index contributed by atoms with van der Waals surface area (Å²) >= 11 is 1.35. The number of hydrogen-bond donors (Lipinski definition) is 1. The van der Waals surface area contributed by atoms with Gasteiger partial charge in [-0.25, -0.2) is 18.7 Å². The number of thioether (sulfide) groups is 1. The van der Waals surface area contributed by atoms with Gasteiger partial charge in [0.2, 0.25) is 0 Å². The van der Waals surface area contributed by atoms with E-state index in [-0.39, 0.29) is 23.8 Å². The first kappa shape index (κ1) is 17.0. The molecule has 25 heavy (non-hydrogen) atoms. The Hall–Kier alpha value is -2.88. The second-order valence-corrected chi connectivity index (χ2v) is 5.53. The van der Waals surface area contributed by atoms with Crippen molar-refractivity contribution in [3.63, 3.8) is 0 Å². The molecule has 0 spiro atoms. The number of nitrogens with zero attached hydrogens (tertiary/aromatic N) is 4. The molecule has 0 fully saturated rings. The highest BCUT2D eigenvalue weighted by Crippen LogP contribution is 2.24. The molecule has 7 nitrogen and oxygen atoms in total. The van der Waals surface area contributed by atoms with Crippen LogP contribution < -0.4 is 5.32 Å². The SMILES string of the molecule is CSc1ncc(C(=O)NCc2noc(-c3c(F)cccc3F)n2)cn1. The Labute approximate surface area is 144 Å². The van der Waals surface area contributed by atoms with Gasteiger partial charge in [0.25, 0.3) is 11.8 Å². The highest BCUT2D eigenvalue weighted by atomic mass is 32.2. The van der Waals surface area contributed by atoms with E-state index in [9.17, 15) is 13.6 Å². The predicted octanol–water partition coefficient (Wildman–Crippen LogP) is 2.46. The van der Waals surface area contributed by atoms with E-state index in [1.165, 1.54) is 30.2 Å². The van der Waals surface area contributed by atoms with Crippen molar-refractivity contribution in [2.75, 3.05) is 6.26 Å². The fourth-order valence-electron chi connectivity index (χ4n) is 1.93. The van der Waals surface area contributed by atoms with Gasteiger partial charge in [-0.15, -0.1) is 0 Å². The minimum Gasteiger partial charge on any atom is -0.345 e. The fourth-order valence-corrected chi connectivity index (χ4v) is 2.25. The van der Waals surface area contributed by atoms with E-state index in [2.05, 4.69) is 25.4 Å². The Morgan fingerprint density at radius 2 is 1.92 bits per heavy atom. The molecule has 3 aromatic rings. The van der Waals surface area contributed by atoms with Crippen LogP contribution in [0, 0.1) is 11.6 Å². The third-order valence-electron chi connectivity index (χ3n) is 3.12. The molecule has 0 saturated carbocycles.